The third-order valence-corrected chi connectivity index (χ3v) is 31.4. The minimum Gasteiger partial charge on any atom is -0.355 e. The van der Waals surface area contributed by atoms with Crippen LogP contribution in [0, 0.1) is 0 Å². The second-order valence-corrected chi connectivity index (χ2v) is 39.2. The van der Waals surface area contributed by atoms with Gasteiger partial charge in [0.15, 0.2) is 0 Å². The molecule has 28 rings (SSSR count). The highest BCUT2D eigenvalue weighted by Crippen LogP contribution is 2.67. The van der Waals surface area contributed by atoms with E-state index in [9.17, 15) is 0 Å². The summed E-state index contributed by atoms with van der Waals surface area (Å²) in [6.07, 6.45) is 0. The zero-order chi connectivity index (χ0) is 93.5. The summed E-state index contributed by atoms with van der Waals surface area (Å²) in [5.41, 5.74) is 41.9. The van der Waals surface area contributed by atoms with Crippen LogP contribution in [0.1, 0.15) is 51.9 Å². The normalized spacial score (nSPS) is 12.7. The van der Waals surface area contributed by atoms with E-state index in [4.69, 9.17) is 11.6 Å². The molecule has 1 N–H and O–H groups in total. The summed E-state index contributed by atoms with van der Waals surface area (Å²) >= 11 is 10.1. The highest BCUT2D eigenvalue weighted by molar-refractivity contribution is 7.26. The smallest absolute Gasteiger partial charge is 0.0754 e. The second kappa shape index (κ2) is 36.3. The fraction of sp³-hybridized carbons (Fsp3) is 0.0222. The minimum absolute atomic E-state index is 0. The van der Waals surface area contributed by atoms with Crippen LogP contribution >= 0.6 is 34.3 Å². The van der Waals surface area contributed by atoms with Gasteiger partial charge in [-0.3, -0.25) is 0 Å². The summed E-state index contributed by atoms with van der Waals surface area (Å²) in [6.45, 7) is 0. The van der Waals surface area contributed by atoms with Gasteiger partial charge in [0.2, 0.25) is 0 Å². The van der Waals surface area contributed by atoms with Crippen molar-refractivity contribution in [1.82, 2.24) is 0 Å². The van der Waals surface area contributed by atoms with E-state index in [1.165, 1.54) is 197 Å². The number of anilines is 11. The van der Waals surface area contributed by atoms with E-state index < -0.39 is 10.8 Å². The lowest BCUT2D eigenvalue weighted by atomic mass is 9.64. The largest absolute Gasteiger partial charge is 0.355 e. The number of hydrogen-bond acceptors (Lipinski definition) is 6. The lowest BCUT2D eigenvalue weighted by Gasteiger charge is -2.45. The maximum Gasteiger partial charge on any atom is 0.0754 e. The monoisotopic (exact) mass is 1870 g/mol. The van der Waals surface area contributed by atoms with Gasteiger partial charge < -0.3 is 20.0 Å². The van der Waals surface area contributed by atoms with Gasteiger partial charge in [0.25, 0.3) is 0 Å². The van der Waals surface area contributed by atoms with Crippen molar-refractivity contribution in [2.45, 2.75) is 18.3 Å². The standard InChI is InChI=1S/C67H44N2S.C43H26ClNS.C24H19N.CH4/c1-4-18-45(19-5-1)46-32-36-51(37-33-46)68(62-29-15-11-24-53(62)47-20-6-2-7-21-47)52-38-41-66-57(44-52)56-42-48(35-40-65(56)70-66)49-34-39-55-54-25-10-12-26-58(54)67(61(55)43-49)59-27-13-16-30-63(59)69(50-22-8-3-9-23-50)64-31-17-14-28-60(64)67;44-29-20-23-42-34(26-29)33-24-27(19-22-41(33)46-42)28-18-21-32-31-12-4-5-13-35(31)43(38(32)25-28)36-14-6-8-16-39(36)45(30-10-2-1-3-11-30)40-17-9-7-15-37(40)43;1-3-9-19(10-4-1)20-15-17-22(18-16-20)25-24-14-8-7-13-23(24)21-11-5-2-6-12-21;/h1-44H;1-26H;1-18,25H;1H4. The summed E-state index contributed by atoms with van der Waals surface area (Å²) in [5.74, 6) is 0. The topological polar surface area (TPSA) is 21.8 Å². The van der Waals surface area contributed by atoms with Crippen molar-refractivity contribution in [3.8, 4) is 89.0 Å². The number of fused-ring (bicyclic) bond motifs is 24. The molecular formula is C135H93ClN4S2. The molecule has 0 amide bonds. The highest BCUT2D eigenvalue weighted by atomic mass is 35.5. The van der Waals surface area contributed by atoms with Crippen LogP contribution in [-0.4, -0.2) is 0 Å². The van der Waals surface area contributed by atoms with Crippen LogP contribution in [-0.2, 0) is 10.8 Å². The zero-order valence-corrected chi connectivity index (χ0v) is 79.2. The Morgan fingerprint density at radius 3 is 0.972 bits per heavy atom. The van der Waals surface area contributed by atoms with Gasteiger partial charge in [-0.25, -0.2) is 0 Å². The molecule has 0 saturated carbocycles. The summed E-state index contributed by atoms with van der Waals surface area (Å²) in [4.78, 5) is 7.31. The van der Waals surface area contributed by atoms with Gasteiger partial charge in [-0.15, -0.1) is 22.7 Å². The molecule has 2 aliphatic heterocycles. The van der Waals surface area contributed by atoms with Crippen LogP contribution in [0.2, 0.25) is 5.02 Å². The van der Waals surface area contributed by atoms with E-state index in [0.717, 1.165) is 44.8 Å². The van der Waals surface area contributed by atoms with Gasteiger partial charge in [-0.05, 0) is 280 Å². The molecule has 2 spiro atoms. The SMILES string of the molecule is C.Clc1ccc2sc3ccc(-c4ccc5c(c4)C4(c6ccccc6-5)c5ccccc5N(c5ccccc5)c5ccccc54)cc3c2c1.c1ccc(-c2ccc(N(c3ccc4sc5ccc(-c6ccc7c(c6)C6(c8ccccc8-7)c7ccccc7N(c7ccccc7)c7ccccc76)cc5c4c3)c3ccccc3-c3ccccc3)cc2)cc1.c1ccc(-c2ccc(Nc3ccccc3-c3ccccc3)cc2)cc1. The van der Waals surface area contributed by atoms with Crippen molar-refractivity contribution in [3.63, 3.8) is 0 Å². The molecule has 0 saturated heterocycles. The Balaban J connectivity index is 0.000000125. The molecule has 0 unspecified atom stereocenters. The van der Waals surface area contributed by atoms with E-state index in [2.05, 4.69) is 536 Å². The zero-order valence-electron chi connectivity index (χ0n) is 76.8. The fourth-order valence-corrected chi connectivity index (χ4v) is 25.0. The van der Waals surface area contributed by atoms with Crippen LogP contribution < -0.4 is 20.0 Å². The molecule has 7 heteroatoms. The van der Waals surface area contributed by atoms with Gasteiger partial charge >= 0.3 is 0 Å². The summed E-state index contributed by atoms with van der Waals surface area (Å²) in [6, 6.07) is 194. The predicted molar refractivity (Wildman–Crippen MR) is 605 cm³/mol. The van der Waals surface area contributed by atoms with Gasteiger partial charge in [0.1, 0.15) is 0 Å². The van der Waals surface area contributed by atoms with Crippen molar-refractivity contribution in [3.05, 3.63) is 583 Å². The first-order chi connectivity index (χ1) is 69.8. The molecule has 0 bridgehead atoms. The molecule has 2 aliphatic carbocycles. The Hall–Kier alpha value is -17.2. The summed E-state index contributed by atoms with van der Waals surface area (Å²) < 4.78 is 5.09. The maximum atomic E-state index is 6.46. The number of halogens is 1. The molecule has 672 valence electrons. The highest BCUT2D eigenvalue weighted by Gasteiger charge is 2.54. The number of nitrogens with one attached hydrogen (secondary N) is 1. The Kier molecular flexibility index (Phi) is 22.1. The van der Waals surface area contributed by atoms with Gasteiger partial charge in [0.05, 0.1) is 39.3 Å². The number of thiophene rings is 2. The van der Waals surface area contributed by atoms with Gasteiger partial charge in [0, 0.05) is 90.6 Å². The van der Waals surface area contributed by atoms with Crippen LogP contribution in [0.15, 0.2) is 534 Å². The second-order valence-electron chi connectivity index (χ2n) is 36.6. The third-order valence-electron chi connectivity index (χ3n) is 28.9. The molecule has 24 aromatic rings. The first kappa shape index (κ1) is 86.4. The van der Waals surface area contributed by atoms with Crippen molar-refractivity contribution >= 4 is 137 Å². The van der Waals surface area contributed by atoms with Crippen molar-refractivity contribution < 1.29 is 0 Å². The molecular weight excluding hydrogens is 1780 g/mol. The van der Waals surface area contributed by atoms with Crippen molar-refractivity contribution in [2.75, 3.05) is 20.0 Å². The average molecular weight is 1870 g/mol. The lowest BCUT2D eigenvalue weighted by molar-refractivity contribution is 0.753. The molecule has 4 nitrogen and oxygen atoms in total. The van der Waals surface area contributed by atoms with Gasteiger partial charge in [-0.1, -0.05) is 395 Å². The molecule has 2 aromatic heterocycles. The van der Waals surface area contributed by atoms with E-state index in [0.29, 0.717) is 0 Å². The maximum absolute atomic E-state index is 6.46. The Labute approximate surface area is 841 Å². The first-order valence-electron chi connectivity index (χ1n) is 48.2. The molecule has 0 atom stereocenters. The molecule has 22 aromatic carbocycles. The Morgan fingerprint density at radius 1 is 0.211 bits per heavy atom. The Bertz CT molecular complexity index is 8810. The number of hydrogen-bond donors (Lipinski definition) is 1. The number of benzene rings is 22. The number of para-hydroxylation sites is 8. The number of rotatable bonds is 13. The fourth-order valence-electron chi connectivity index (χ4n) is 22.7. The average Bonchev–Trinajstić information content (AvgIpc) is 1.51. The minimum atomic E-state index is -0.521. The van der Waals surface area contributed by atoms with Crippen molar-refractivity contribution in [1.29, 1.82) is 0 Å². The van der Waals surface area contributed by atoms with Gasteiger partial charge in [-0.2, -0.15) is 0 Å². The van der Waals surface area contributed by atoms with E-state index in [-0.39, 0.29) is 7.43 Å². The summed E-state index contributed by atoms with van der Waals surface area (Å²) in [7, 11) is 0. The van der Waals surface area contributed by atoms with E-state index in [1.54, 1.807) is 0 Å². The van der Waals surface area contributed by atoms with E-state index in [1.807, 2.05) is 40.9 Å². The van der Waals surface area contributed by atoms with Crippen LogP contribution in [0.5, 0.6) is 0 Å². The van der Waals surface area contributed by atoms with Crippen LogP contribution in [0.4, 0.5) is 62.6 Å². The first-order valence-corrected chi connectivity index (χ1v) is 50.2. The molecule has 4 heterocycles. The lowest BCUT2D eigenvalue weighted by Crippen LogP contribution is -2.36. The predicted octanol–water partition coefficient (Wildman–Crippen LogP) is 38.6. The Morgan fingerprint density at radius 2 is 0.514 bits per heavy atom. The van der Waals surface area contributed by atoms with Crippen molar-refractivity contribution in [2.24, 2.45) is 0 Å². The van der Waals surface area contributed by atoms with E-state index >= 15 is 0 Å². The summed E-state index contributed by atoms with van der Waals surface area (Å²) in [5, 5.41) is 9.31. The van der Waals surface area contributed by atoms with Crippen LogP contribution in [0.3, 0.4) is 0 Å². The molecule has 142 heavy (non-hydrogen) atoms. The quantitative estimate of drug-likeness (QED) is 0.124. The van der Waals surface area contributed by atoms with Crippen LogP contribution in [0.25, 0.3) is 129 Å². The molecule has 0 radical (unpaired) electrons. The molecule has 0 fully saturated rings. The number of nitrogens with zero attached hydrogens (tertiary/aromatic N) is 3. The molecule has 4 aliphatic rings. The third kappa shape index (κ3) is 14.6.